The lowest BCUT2D eigenvalue weighted by molar-refractivity contribution is -0.153. The predicted octanol–water partition coefficient (Wildman–Crippen LogP) is 5.72. The van der Waals surface area contributed by atoms with Crippen LogP contribution in [0, 0.1) is 0 Å². The number of hydrogen-bond donors (Lipinski definition) is 0. The van der Waals surface area contributed by atoms with E-state index in [0.29, 0.717) is 5.56 Å². The number of alkyl halides is 3. The normalized spacial score (nSPS) is 16.0. The fraction of sp³-hybridized carbons (Fsp3) is 0.286. The molecule has 0 bridgehead atoms. The van der Waals surface area contributed by atoms with E-state index in [1.54, 1.807) is 44.2 Å². The van der Waals surface area contributed by atoms with E-state index in [-0.39, 0.29) is 11.1 Å². The summed E-state index contributed by atoms with van der Waals surface area (Å²) in [7, 11) is 0. The lowest BCUT2D eigenvalue weighted by atomic mass is 9.80. The first-order chi connectivity index (χ1) is 12.0. The molecule has 1 aliphatic rings. The minimum absolute atomic E-state index is 0.153. The molecule has 0 saturated heterocycles. The van der Waals surface area contributed by atoms with Crippen molar-refractivity contribution in [2.75, 3.05) is 0 Å². The monoisotopic (exact) mass is 360 g/mol. The van der Waals surface area contributed by atoms with E-state index in [2.05, 4.69) is 6.58 Å². The average Bonchev–Trinajstić information content (AvgIpc) is 2.88. The molecular weight excluding hydrogens is 341 g/mol. The molecule has 0 fully saturated rings. The van der Waals surface area contributed by atoms with E-state index < -0.39 is 29.2 Å². The molecule has 0 heterocycles. The number of benzene rings is 2. The van der Waals surface area contributed by atoms with Crippen LogP contribution in [0.1, 0.15) is 43.4 Å². The maximum absolute atomic E-state index is 13.7. The molecule has 136 valence electrons. The Kier molecular flexibility index (Phi) is 4.21. The lowest BCUT2D eigenvalue weighted by Crippen LogP contribution is -2.36. The summed E-state index contributed by atoms with van der Waals surface area (Å²) in [5.74, 6) is -1.35. The number of halogens is 3. The smallest absolute Gasteiger partial charge is 0.416 e. The van der Waals surface area contributed by atoms with Gasteiger partial charge < -0.3 is 4.74 Å². The summed E-state index contributed by atoms with van der Waals surface area (Å²) in [5, 5.41) is 0. The zero-order valence-corrected chi connectivity index (χ0v) is 14.8. The third-order valence-corrected chi connectivity index (χ3v) is 4.66. The highest BCUT2D eigenvalue weighted by Gasteiger charge is 2.47. The first kappa shape index (κ1) is 18.2. The summed E-state index contributed by atoms with van der Waals surface area (Å²) in [6.45, 7) is 8.34. The number of esters is 1. The van der Waals surface area contributed by atoms with Gasteiger partial charge in [-0.25, -0.2) is 4.79 Å². The van der Waals surface area contributed by atoms with Crippen LogP contribution in [0.3, 0.4) is 0 Å². The summed E-state index contributed by atoms with van der Waals surface area (Å²) in [6.07, 6.45) is -4.50. The zero-order valence-electron chi connectivity index (χ0n) is 14.8. The number of fused-ring (bicyclic) bond motifs is 3. The van der Waals surface area contributed by atoms with Crippen LogP contribution in [-0.2, 0) is 15.7 Å². The van der Waals surface area contributed by atoms with Gasteiger partial charge in [-0.3, -0.25) is 0 Å². The third kappa shape index (κ3) is 2.91. The van der Waals surface area contributed by atoms with Gasteiger partial charge in [0.1, 0.15) is 5.60 Å². The highest BCUT2D eigenvalue weighted by atomic mass is 19.4. The van der Waals surface area contributed by atoms with E-state index >= 15 is 0 Å². The van der Waals surface area contributed by atoms with Crippen molar-refractivity contribution in [3.05, 3.63) is 71.3 Å². The molecule has 5 heteroatoms. The minimum Gasteiger partial charge on any atom is -0.455 e. The summed E-state index contributed by atoms with van der Waals surface area (Å²) >= 11 is 0. The van der Waals surface area contributed by atoms with Crippen molar-refractivity contribution >= 4 is 5.97 Å². The Morgan fingerprint density at radius 3 is 2.27 bits per heavy atom. The summed E-state index contributed by atoms with van der Waals surface area (Å²) < 4.78 is 46.6. The Morgan fingerprint density at radius 2 is 1.65 bits per heavy atom. The molecule has 0 N–H and O–H groups in total. The lowest BCUT2D eigenvalue weighted by Gasteiger charge is -2.34. The van der Waals surface area contributed by atoms with E-state index in [4.69, 9.17) is 4.74 Å². The minimum atomic E-state index is -4.50. The van der Waals surface area contributed by atoms with E-state index in [0.717, 1.165) is 17.2 Å². The second-order valence-electron chi connectivity index (χ2n) is 7.06. The van der Waals surface area contributed by atoms with Crippen molar-refractivity contribution in [3.8, 4) is 11.1 Å². The average molecular weight is 360 g/mol. The number of carbonyl (C=O) groups excluding carboxylic acids is 1. The van der Waals surface area contributed by atoms with E-state index in [1.165, 1.54) is 13.0 Å². The number of ether oxygens (including phenoxy) is 1. The molecule has 1 atom stereocenters. The van der Waals surface area contributed by atoms with Crippen molar-refractivity contribution in [3.63, 3.8) is 0 Å². The van der Waals surface area contributed by atoms with Crippen molar-refractivity contribution in [1.82, 2.24) is 0 Å². The van der Waals surface area contributed by atoms with Gasteiger partial charge in [0.25, 0.3) is 0 Å². The quantitative estimate of drug-likeness (QED) is 0.517. The Labute approximate surface area is 150 Å². The van der Waals surface area contributed by atoms with Gasteiger partial charge in [-0.05, 0) is 49.1 Å². The van der Waals surface area contributed by atoms with Crippen LogP contribution in [0.2, 0.25) is 0 Å². The topological polar surface area (TPSA) is 26.3 Å². The first-order valence-corrected chi connectivity index (χ1v) is 8.22. The van der Waals surface area contributed by atoms with Gasteiger partial charge >= 0.3 is 12.1 Å². The van der Waals surface area contributed by atoms with E-state index in [1.807, 2.05) is 0 Å². The van der Waals surface area contributed by atoms with Crippen molar-refractivity contribution in [1.29, 1.82) is 0 Å². The summed E-state index contributed by atoms with van der Waals surface area (Å²) in [5.41, 5.74) is 0.459. The van der Waals surface area contributed by atoms with Crippen LogP contribution in [-0.4, -0.2) is 11.6 Å². The summed E-state index contributed by atoms with van der Waals surface area (Å²) in [4.78, 5) is 12.1. The van der Waals surface area contributed by atoms with Gasteiger partial charge in [0.05, 0.1) is 11.5 Å². The van der Waals surface area contributed by atoms with Gasteiger partial charge in [0.2, 0.25) is 0 Å². The van der Waals surface area contributed by atoms with Crippen molar-refractivity contribution < 1.29 is 22.7 Å². The summed E-state index contributed by atoms with van der Waals surface area (Å²) in [6, 6.07) is 11.3. The third-order valence-electron chi connectivity index (χ3n) is 4.66. The maximum atomic E-state index is 13.7. The zero-order chi connectivity index (χ0) is 19.3. The van der Waals surface area contributed by atoms with Crippen LogP contribution in [0.5, 0.6) is 0 Å². The molecule has 2 nitrogen and oxygen atoms in total. The highest BCUT2D eigenvalue weighted by Crippen LogP contribution is 2.54. The van der Waals surface area contributed by atoms with Crippen LogP contribution in [0.4, 0.5) is 13.2 Å². The molecule has 2 aromatic rings. The van der Waals surface area contributed by atoms with Gasteiger partial charge in [0.15, 0.2) is 0 Å². The molecule has 26 heavy (non-hydrogen) atoms. The number of carbonyl (C=O) groups is 1. The number of hydrogen-bond acceptors (Lipinski definition) is 2. The Bertz CT molecular complexity index is 894. The standard InChI is InChI=1S/C21H19F3O2/c1-12(2)19(25)26-20(3,4)18-15-9-6-5-8-13(15)14-10-7-11-16(17(14)18)21(22,23)24/h5-11,18H,1H2,2-4H3. The highest BCUT2D eigenvalue weighted by molar-refractivity contribution is 5.88. The predicted molar refractivity (Wildman–Crippen MR) is 93.7 cm³/mol. The van der Waals surface area contributed by atoms with Gasteiger partial charge in [-0.15, -0.1) is 0 Å². The fourth-order valence-electron chi connectivity index (χ4n) is 3.61. The van der Waals surface area contributed by atoms with Crippen LogP contribution in [0.15, 0.2) is 54.6 Å². The molecular formula is C21H19F3O2. The van der Waals surface area contributed by atoms with Crippen LogP contribution in [0.25, 0.3) is 11.1 Å². The molecule has 0 amide bonds. The molecule has 0 spiro atoms. The van der Waals surface area contributed by atoms with Gasteiger partial charge in [-0.1, -0.05) is 43.0 Å². The molecule has 0 aromatic heterocycles. The van der Waals surface area contributed by atoms with Gasteiger partial charge in [-0.2, -0.15) is 13.2 Å². The van der Waals surface area contributed by atoms with Crippen molar-refractivity contribution in [2.45, 2.75) is 38.5 Å². The molecule has 0 aliphatic heterocycles. The second-order valence-corrected chi connectivity index (χ2v) is 7.06. The number of rotatable bonds is 3. The fourth-order valence-corrected chi connectivity index (χ4v) is 3.61. The molecule has 1 unspecified atom stereocenters. The SMILES string of the molecule is C=C(C)C(=O)OC(C)(C)C1c2ccccc2-c2cccc(C(F)(F)F)c21. The van der Waals surface area contributed by atoms with Crippen LogP contribution < -0.4 is 0 Å². The Morgan fingerprint density at radius 1 is 1.04 bits per heavy atom. The molecule has 1 aliphatic carbocycles. The Balaban J connectivity index is 2.24. The molecule has 3 rings (SSSR count). The first-order valence-electron chi connectivity index (χ1n) is 8.22. The maximum Gasteiger partial charge on any atom is 0.416 e. The molecule has 2 aromatic carbocycles. The van der Waals surface area contributed by atoms with Gasteiger partial charge in [0, 0.05) is 5.57 Å². The van der Waals surface area contributed by atoms with Crippen molar-refractivity contribution in [2.24, 2.45) is 0 Å². The largest absolute Gasteiger partial charge is 0.455 e. The second kappa shape index (κ2) is 6.01. The Hall–Kier alpha value is -2.56. The molecule has 0 saturated carbocycles. The molecule has 0 radical (unpaired) electrons. The van der Waals surface area contributed by atoms with E-state index in [9.17, 15) is 18.0 Å². The van der Waals surface area contributed by atoms with Crippen LogP contribution >= 0.6 is 0 Å².